The molecule has 26 heavy (non-hydrogen) atoms. The Bertz CT molecular complexity index is 650. The molecule has 1 aromatic rings. The van der Waals surface area contributed by atoms with Gasteiger partial charge in [0.1, 0.15) is 0 Å². The highest BCUT2D eigenvalue weighted by molar-refractivity contribution is 6.30. The maximum atomic E-state index is 12.4. The number of rotatable bonds is 6. The van der Waals surface area contributed by atoms with Crippen LogP contribution in [-0.2, 0) is 19.1 Å². The smallest absolute Gasteiger partial charge is 0.307 e. The second kappa shape index (κ2) is 9.14. The zero-order valence-corrected chi connectivity index (χ0v) is 16.0. The van der Waals surface area contributed by atoms with Gasteiger partial charge in [-0.05, 0) is 45.0 Å². The molecule has 1 fully saturated rings. The molecule has 1 aliphatic heterocycles. The third-order valence-electron chi connectivity index (χ3n) is 4.11. The van der Waals surface area contributed by atoms with Crippen molar-refractivity contribution in [3.05, 3.63) is 34.9 Å². The van der Waals surface area contributed by atoms with Gasteiger partial charge in [0.2, 0.25) is 0 Å². The van der Waals surface area contributed by atoms with E-state index in [9.17, 15) is 14.4 Å². The second-order valence-electron chi connectivity index (χ2n) is 6.56. The Balaban J connectivity index is 1.80. The monoisotopic (exact) mass is 381 g/mol. The molecule has 142 valence electrons. The van der Waals surface area contributed by atoms with Crippen LogP contribution in [0.2, 0.25) is 5.02 Å². The van der Waals surface area contributed by atoms with E-state index in [0.717, 1.165) is 0 Å². The highest BCUT2D eigenvalue weighted by Crippen LogP contribution is 2.14. The first-order chi connectivity index (χ1) is 12.3. The molecule has 0 bridgehead atoms. The van der Waals surface area contributed by atoms with Crippen molar-refractivity contribution in [1.29, 1.82) is 0 Å². The van der Waals surface area contributed by atoms with Crippen LogP contribution in [0.3, 0.4) is 0 Å². The minimum Gasteiger partial charge on any atom is -0.453 e. The van der Waals surface area contributed by atoms with Crippen molar-refractivity contribution in [2.45, 2.75) is 51.9 Å². The summed E-state index contributed by atoms with van der Waals surface area (Å²) in [6.45, 7) is 6.29. The fraction of sp³-hybridized carbons (Fsp3) is 0.526. The van der Waals surface area contributed by atoms with E-state index in [1.165, 1.54) is 0 Å². The number of halogens is 1. The van der Waals surface area contributed by atoms with Crippen LogP contribution in [0.15, 0.2) is 24.3 Å². The molecule has 0 saturated carbocycles. The molecule has 0 aromatic heterocycles. The minimum absolute atomic E-state index is 0.0208. The first kappa shape index (κ1) is 20.4. The number of amides is 1. The Morgan fingerprint density at radius 1 is 1.15 bits per heavy atom. The Hall–Kier alpha value is -1.92. The molecule has 1 heterocycles. The van der Waals surface area contributed by atoms with Gasteiger partial charge in [0.15, 0.2) is 11.9 Å². The maximum Gasteiger partial charge on any atom is 0.307 e. The lowest BCUT2D eigenvalue weighted by molar-refractivity contribution is -0.164. The number of hydrogen-bond acceptors (Lipinski definition) is 5. The fourth-order valence-electron chi connectivity index (χ4n) is 2.92. The van der Waals surface area contributed by atoms with Gasteiger partial charge in [0.05, 0.1) is 18.6 Å². The van der Waals surface area contributed by atoms with Gasteiger partial charge in [-0.15, -0.1) is 0 Å². The fourth-order valence-corrected chi connectivity index (χ4v) is 3.04. The number of ketones is 1. The molecule has 1 amide bonds. The normalized spacial score (nSPS) is 21.2. The van der Waals surface area contributed by atoms with E-state index in [1.807, 2.05) is 13.8 Å². The number of ether oxygens (including phenoxy) is 2. The lowest BCUT2D eigenvalue weighted by Crippen LogP contribution is -2.51. The molecular weight excluding hydrogens is 358 g/mol. The van der Waals surface area contributed by atoms with Crippen LogP contribution in [0.25, 0.3) is 0 Å². The van der Waals surface area contributed by atoms with Crippen LogP contribution in [0.4, 0.5) is 0 Å². The molecule has 3 atom stereocenters. The van der Waals surface area contributed by atoms with Crippen molar-refractivity contribution >= 4 is 29.3 Å². The van der Waals surface area contributed by atoms with E-state index in [1.54, 1.807) is 36.1 Å². The topological polar surface area (TPSA) is 72.9 Å². The van der Waals surface area contributed by atoms with Gasteiger partial charge in [-0.25, -0.2) is 0 Å². The quantitative estimate of drug-likeness (QED) is 0.559. The minimum atomic E-state index is -0.884. The summed E-state index contributed by atoms with van der Waals surface area (Å²) in [5, 5.41) is 0.542. The van der Waals surface area contributed by atoms with Gasteiger partial charge in [0.25, 0.3) is 5.91 Å². The van der Waals surface area contributed by atoms with Gasteiger partial charge in [-0.2, -0.15) is 0 Å². The van der Waals surface area contributed by atoms with Crippen molar-refractivity contribution in [3.8, 4) is 0 Å². The van der Waals surface area contributed by atoms with Gasteiger partial charge in [-0.3, -0.25) is 14.4 Å². The van der Waals surface area contributed by atoms with E-state index >= 15 is 0 Å². The molecule has 1 saturated heterocycles. The molecule has 2 rings (SSSR count). The number of nitrogens with zero attached hydrogens (tertiary/aromatic N) is 1. The Kier molecular flexibility index (Phi) is 7.17. The van der Waals surface area contributed by atoms with Crippen LogP contribution in [0.1, 0.15) is 44.0 Å². The largest absolute Gasteiger partial charge is 0.453 e. The standard InChI is InChI=1S/C19H24ClNO5/c1-12-10-21(11-13(2)25-12)19(24)14(3)26-18(23)9-8-17(22)15-4-6-16(20)7-5-15/h4-7,12-14H,8-11H2,1-3H3. The van der Waals surface area contributed by atoms with Crippen LogP contribution < -0.4 is 0 Å². The number of carbonyl (C=O) groups excluding carboxylic acids is 3. The summed E-state index contributed by atoms with van der Waals surface area (Å²) in [4.78, 5) is 38.1. The van der Waals surface area contributed by atoms with Crippen molar-refractivity contribution < 1.29 is 23.9 Å². The van der Waals surface area contributed by atoms with Gasteiger partial charge < -0.3 is 14.4 Å². The molecule has 6 nitrogen and oxygen atoms in total. The zero-order valence-electron chi connectivity index (χ0n) is 15.2. The lowest BCUT2D eigenvalue weighted by Gasteiger charge is -2.36. The summed E-state index contributed by atoms with van der Waals surface area (Å²) < 4.78 is 10.8. The van der Waals surface area contributed by atoms with Gasteiger partial charge in [0, 0.05) is 30.1 Å². The van der Waals surface area contributed by atoms with E-state index < -0.39 is 12.1 Å². The SMILES string of the molecule is CC1CN(C(=O)C(C)OC(=O)CCC(=O)c2ccc(Cl)cc2)CC(C)O1. The zero-order chi connectivity index (χ0) is 19.3. The number of morpholine rings is 1. The van der Waals surface area contributed by atoms with Crippen LogP contribution >= 0.6 is 11.6 Å². The number of Topliss-reactive ketones (excluding diaryl/α,β-unsaturated/α-hetero) is 1. The number of benzene rings is 1. The van der Waals surface area contributed by atoms with Crippen LogP contribution in [-0.4, -0.2) is 54.0 Å². The molecule has 3 unspecified atom stereocenters. The van der Waals surface area contributed by atoms with Crippen LogP contribution in [0, 0.1) is 0 Å². The predicted molar refractivity (Wildman–Crippen MR) is 97.2 cm³/mol. The van der Waals surface area contributed by atoms with E-state index in [0.29, 0.717) is 23.7 Å². The van der Waals surface area contributed by atoms with Gasteiger partial charge >= 0.3 is 5.97 Å². The molecule has 1 aliphatic rings. The highest BCUT2D eigenvalue weighted by atomic mass is 35.5. The first-order valence-electron chi connectivity index (χ1n) is 8.68. The predicted octanol–water partition coefficient (Wildman–Crippen LogP) is 2.87. The third-order valence-corrected chi connectivity index (χ3v) is 4.36. The average Bonchev–Trinajstić information content (AvgIpc) is 2.58. The van der Waals surface area contributed by atoms with Gasteiger partial charge in [-0.1, -0.05) is 11.6 Å². The Morgan fingerprint density at radius 3 is 2.31 bits per heavy atom. The lowest BCUT2D eigenvalue weighted by atomic mass is 10.1. The second-order valence-corrected chi connectivity index (χ2v) is 7.00. The number of hydrogen-bond donors (Lipinski definition) is 0. The molecule has 0 N–H and O–H groups in total. The Labute approximate surface area is 158 Å². The summed E-state index contributed by atoms with van der Waals surface area (Å²) in [6, 6.07) is 6.47. The van der Waals surface area contributed by atoms with Crippen molar-refractivity contribution in [1.82, 2.24) is 4.90 Å². The van der Waals surface area contributed by atoms with E-state index in [4.69, 9.17) is 21.1 Å². The average molecular weight is 382 g/mol. The number of carbonyl (C=O) groups is 3. The first-order valence-corrected chi connectivity index (χ1v) is 9.06. The van der Waals surface area contributed by atoms with Crippen molar-refractivity contribution in [2.75, 3.05) is 13.1 Å². The summed E-state index contributed by atoms with van der Waals surface area (Å²) in [6.07, 6.45) is -1.04. The molecule has 1 aromatic carbocycles. The maximum absolute atomic E-state index is 12.4. The Morgan fingerprint density at radius 2 is 1.73 bits per heavy atom. The molecule has 0 radical (unpaired) electrons. The highest BCUT2D eigenvalue weighted by Gasteiger charge is 2.30. The summed E-state index contributed by atoms with van der Waals surface area (Å²) in [7, 11) is 0. The van der Waals surface area contributed by atoms with E-state index in [-0.39, 0.29) is 36.7 Å². The number of esters is 1. The van der Waals surface area contributed by atoms with Crippen molar-refractivity contribution in [3.63, 3.8) is 0 Å². The van der Waals surface area contributed by atoms with E-state index in [2.05, 4.69) is 0 Å². The summed E-state index contributed by atoms with van der Waals surface area (Å²) in [5.74, 6) is -0.986. The molecule has 0 aliphatic carbocycles. The molecule has 7 heteroatoms. The summed E-state index contributed by atoms with van der Waals surface area (Å²) in [5.41, 5.74) is 0.489. The van der Waals surface area contributed by atoms with Crippen molar-refractivity contribution in [2.24, 2.45) is 0 Å². The molecule has 0 spiro atoms. The summed E-state index contributed by atoms with van der Waals surface area (Å²) >= 11 is 5.78. The third kappa shape index (κ3) is 5.81. The molecular formula is C19H24ClNO5. The van der Waals surface area contributed by atoms with Crippen LogP contribution in [0.5, 0.6) is 0 Å².